The van der Waals surface area contributed by atoms with Crippen molar-refractivity contribution in [2.24, 2.45) is 5.73 Å². The first-order valence-electron chi connectivity index (χ1n) is 6.40. The van der Waals surface area contributed by atoms with Gasteiger partial charge in [-0.3, -0.25) is 0 Å². The van der Waals surface area contributed by atoms with Crippen LogP contribution in [0.4, 0.5) is 0 Å². The maximum absolute atomic E-state index is 12.1. The van der Waals surface area contributed by atoms with E-state index in [1.54, 1.807) is 24.3 Å². The minimum absolute atomic E-state index is 0.253. The van der Waals surface area contributed by atoms with Gasteiger partial charge in [-0.05, 0) is 31.3 Å². The zero-order valence-electron chi connectivity index (χ0n) is 11.8. The molecule has 0 aromatic heterocycles. The number of nitrogens with zero attached hydrogens (tertiary/aromatic N) is 1. The standard InChI is InChI=1S/C13H21N3O2S2/c1-3-16(2)9-8-15-20(17,18)12-6-4-11(5-7-12)10-13(14)19/h4-7,15H,3,8-10H2,1-2H3,(H2,14,19). The molecule has 0 amide bonds. The molecule has 1 aromatic carbocycles. The Morgan fingerprint density at radius 2 is 1.95 bits per heavy atom. The van der Waals surface area contributed by atoms with Gasteiger partial charge in [-0.2, -0.15) is 0 Å². The van der Waals surface area contributed by atoms with E-state index in [2.05, 4.69) is 4.72 Å². The lowest BCUT2D eigenvalue weighted by Crippen LogP contribution is -2.32. The third-order valence-corrected chi connectivity index (χ3v) is 4.56. The predicted molar refractivity (Wildman–Crippen MR) is 85.3 cm³/mol. The first-order chi connectivity index (χ1) is 9.35. The molecule has 0 heterocycles. The lowest BCUT2D eigenvalue weighted by atomic mass is 10.1. The zero-order valence-corrected chi connectivity index (χ0v) is 13.4. The van der Waals surface area contributed by atoms with Crippen LogP contribution in [0.5, 0.6) is 0 Å². The molecule has 0 atom stereocenters. The maximum atomic E-state index is 12.1. The monoisotopic (exact) mass is 315 g/mol. The van der Waals surface area contributed by atoms with Crippen LogP contribution >= 0.6 is 12.2 Å². The van der Waals surface area contributed by atoms with E-state index in [-0.39, 0.29) is 4.90 Å². The second kappa shape index (κ2) is 7.68. The molecule has 1 aromatic rings. The largest absolute Gasteiger partial charge is 0.393 e. The number of nitrogens with two attached hydrogens (primary N) is 1. The molecule has 0 radical (unpaired) electrons. The van der Waals surface area contributed by atoms with Crippen molar-refractivity contribution in [3.63, 3.8) is 0 Å². The smallest absolute Gasteiger partial charge is 0.240 e. The van der Waals surface area contributed by atoms with Crippen molar-refractivity contribution in [2.45, 2.75) is 18.2 Å². The molecule has 0 fully saturated rings. The summed E-state index contributed by atoms with van der Waals surface area (Å²) >= 11 is 4.82. The SMILES string of the molecule is CCN(C)CCNS(=O)(=O)c1ccc(CC(N)=S)cc1. The van der Waals surface area contributed by atoms with Crippen LogP contribution in [0.15, 0.2) is 29.2 Å². The highest BCUT2D eigenvalue weighted by atomic mass is 32.2. The van der Waals surface area contributed by atoms with Gasteiger partial charge in [0.05, 0.1) is 9.88 Å². The Morgan fingerprint density at radius 3 is 2.45 bits per heavy atom. The lowest BCUT2D eigenvalue weighted by Gasteiger charge is -2.14. The molecule has 0 aliphatic rings. The molecule has 7 heteroatoms. The summed E-state index contributed by atoms with van der Waals surface area (Å²) in [5.74, 6) is 0. The number of benzene rings is 1. The van der Waals surface area contributed by atoms with Crippen molar-refractivity contribution in [3.8, 4) is 0 Å². The van der Waals surface area contributed by atoms with Gasteiger partial charge in [0.2, 0.25) is 10.0 Å². The number of hydrogen-bond donors (Lipinski definition) is 2. The molecule has 0 aliphatic carbocycles. The van der Waals surface area contributed by atoms with Crippen LogP contribution < -0.4 is 10.5 Å². The van der Waals surface area contributed by atoms with Crippen LogP contribution in [0.3, 0.4) is 0 Å². The normalized spacial score (nSPS) is 11.8. The highest BCUT2D eigenvalue weighted by Gasteiger charge is 2.13. The number of rotatable bonds is 8. The Bertz CT molecular complexity index is 541. The van der Waals surface area contributed by atoms with Gasteiger partial charge in [-0.15, -0.1) is 0 Å². The topological polar surface area (TPSA) is 75.4 Å². The first kappa shape index (κ1) is 17.0. The van der Waals surface area contributed by atoms with Crippen LogP contribution in [0, 0.1) is 0 Å². The van der Waals surface area contributed by atoms with E-state index in [4.69, 9.17) is 18.0 Å². The molecule has 0 spiro atoms. The van der Waals surface area contributed by atoms with Crippen molar-refractivity contribution >= 4 is 27.2 Å². The van der Waals surface area contributed by atoms with Gasteiger partial charge in [-0.1, -0.05) is 31.3 Å². The Kier molecular flexibility index (Phi) is 6.54. The summed E-state index contributed by atoms with van der Waals surface area (Å²) in [6.07, 6.45) is 0.477. The summed E-state index contributed by atoms with van der Waals surface area (Å²) in [6.45, 7) is 3.97. The Labute approximate surface area is 126 Å². The third-order valence-electron chi connectivity index (χ3n) is 2.94. The molecule has 20 heavy (non-hydrogen) atoms. The van der Waals surface area contributed by atoms with E-state index in [0.717, 1.165) is 12.1 Å². The maximum Gasteiger partial charge on any atom is 0.240 e. The van der Waals surface area contributed by atoms with Crippen molar-refractivity contribution in [3.05, 3.63) is 29.8 Å². The van der Waals surface area contributed by atoms with Crippen molar-refractivity contribution in [1.29, 1.82) is 0 Å². The van der Waals surface area contributed by atoms with Crippen LogP contribution in [0.25, 0.3) is 0 Å². The Morgan fingerprint density at radius 1 is 1.35 bits per heavy atom. The molecule has 0 saturated carbocycles. The van der Waals surface area contributed by atoms with E-state index in [1.807, 2.05) is 18.9 Å². The first-order valence-corrected chi connectivity index (χ1v) is 8.29. The van der Waals surface area contributed by atoms with E-state index >= 15 is 0 Å². The van der Waals surface area contributed by atoms with Crippen molar-refractivity contribution in [2.75, 3.05) is 26.7 Å². The average Bonchev–Trinajstić information content (AvgIpc) is 2.38. The second-order valence-corrected chi connectivity index (χ2v) is 6.87. The predicted octanol–water partition coefficient (Wildman–Crippen LogP) is 0.745. The van der Waals surface area contributed by atoms with Gasteiger partial charge in [-0.25, -0.2) is 13.1 Å². The summed E-state index contributed by atoms with van der Waals surface area (Å²) in [7, 11) is -1.51. The minimum Gasteiger partial charge on any atom is -0.393 e. The van der Waals surface area contributed by atoms with Gasteiger partial charge < -0.3 is 10.6 Å². The lowest BCUT2D eigenvalue weighted by molar-refractivity contribution is 0.358. The second-order valence-electron chi connectivity index (χ2n) is 4.58. The molecule has 1 rings (SSSR count). The van der Waals surface area contributed by atoms with Crippen LogP contribution in [-0.4, -0.2) is 45.0 Å². The summed E-state index contributed by atoms with van der Waals surface area (Å²) in [5, 5.41) is 0. The Balaban J connectivity index is 2.65. The quantitative estimate of drug-likeness (QED) is 0.692. The van der Waals surface area contributed by atoms with Crippen LogP contribution in [0.2, 0.25) is 0 Å². The molecule has 3 N–H and O–H groups in total. The number of sulfonamides is 1. The summed E-state index contributed by atoms with van der Waals surface area (Å²) < 4.78 is 26.7. The average molecular weight is 315 g/mol. The third kappa shape index (κ3) is 5.54. The molecule has 0 unspecified atom stereocenters. The van der Waals surface area contributed by atoms with Gasteiger partial charge in [0, 0.05) is 19.5 Å². The number of likely N-dealkylation sites (N-methyl/N-ethyl adjacent to an activating group) is 1. The fraction of sp³-hybridized carbons (Fsp3) is 0.462. The number of nitrogens with one attached hydrogen (secondary N) is 1. The summed E-state index contributed by atoms with van der Waals surface area (Å²) in [6, 6.07) is 6.59. The van der Waals surface area contributed by atoms with E-state index < -0.39 is 10.0 Å². The molecule has 0 bridgehead atoms. The molecule has 5 nitrogen and oxygen atoms in total. The minimum atomic E-state index is -3.45. The van der Waals surface area contributed by atoms with Gasteiger partial charge >= 0.3 is 0 Å². The fourth-order valence-corrected chi connectivity index (χ4v) is 2.79. The van der Waals surface area contributed by atoms with Gasteiger partial charge in [0.1, 0.15) is 0 Å². The van der Waals surface area contributed by atoms with Crippen LogP contribution in [-0.2, 0) is 16.4 Å². The van der Waals surface area contributed by atoms with Gasteiger partial charge in [0.25, 0.3) is 0 Å². The highest BCUT2D eigenvalue weighted by Crippen LogP contribution is 2.10. The number of hydrogen-bond acceptors (Lipinski definition) is 4. The Hall–Kier alpha value is -1.02. The van der Waals surface area contributed by atoms with E-state index in [1.165, 1.54) is 0 Å². The summed E-state index contributed by atoms with van der Waals surface area (Å²) in [4.78, 5) is 2.68. The van der Waals surface area contributed by atoms with Crippen molar-refractivity contribution in [1.82, 2.24) is 9.62 Å². The molecular weight excluding hydrogens is 294 g/mol. The van der Waals surface area contributed by atoms with E-state index in [0.29, 0.717) is 24.5 Å². The molecule has 112 valence electrons. The number of thiocarbonyl (C=S) groups is 1. The van der Waals surface area contributed by atoms with Crippen molar-refractivity contribution < 1.29 is 8.42 Å². The molecule has 0 saturated heterocycles. The molecule has 0 aliphatic heterocycles. The highest BCUT2D eigenvalue weighted by molar-refractivity contribution is 7.89. The zero-order chi connectivity index (χ0) is 15.2. The fourth-order valence-electron chi connectivity index (χ4n) is 1.60. The van der Waals surface area contributed by atoms with E-state index in [9.17, 15) is 8.42 Å². The molecular formula is C13H21N3O2S2. The van der Waals surface area contributed by atoms with Crippen LogP contribution in [0.1, 0.15) is 12.5 Å². The van der Waals surface area contributed by atoms with Gasteiger partial charge in [0.15, 0.2) is 0 Å². The summed E-state index contributed by atoms with van der Waals surface area (Å²) in [5.41, 5.74) is 6.36.